The van der Waals surface area contributed by atoms with E-state index in [2.05, 4.69) is 105 Å². The Labute approximate surface area is 775 Å². The number of carbonyl (C=O) groups is 17. The molecule has 0 bridgehead atoms. The van der Waals surface area contributed by atoms with Crippen molar-refractivity contribution in [1.29, 1.82) is 5.41 Å². The molecule has 48 nitrogen and oxygen atoms in total. The number of amides is 15. The number of nitrogens with one attached hydrogen (secondary N) is 16. The van der Waals surface area contributed by atoms with E-state index in [1.807, 2.05) is 0 Å². The summed E-state index contributed by atoms with van der Waals surface area (Å²) in [5.74, 6) is -20.8. The van der Waals surface area contributed by atoms with Gasteiger partial charge in [-0.15, -0.1) is 0 Å². The largest absolute Gasteiger partial charge is 0.508 e. The molecule has 1 aliphatic heterocycles. The zero-order valence-electron chi connectivity index (χ0n) is 75.1. The monoisotopic (exact) mass is 1900 g/mol. The van der Waals surface area contributed by atoms with Crippen LogP contribution in [0, 0.1) is 17.2 Å². The number of nitrogens with two attached hydrogens (primary N) is 7. The quantitative estimate of drug-likeness (QED) is 0.0127. The first-order chi connectivity index (χ1) is 62.1. The smallest absolute Gasteiger partial charge is 0.326 e. The topological polar surface area (TPSA) is 821 Å². The zero-order chi connectivity index (χ0) is 99.6. The van der Waals surface area contributed by atoms with Crippen LogP contribution in [0.5, 0.6) is 11.5 Å². The Kier molecular flexibility index (Phi) is 50.3. The molecule has 0 spiro atoms. The highest BCUT2D eigenvalue weighted by Crippen LogP contribution is 2.25. The number of thiol groups is 2. The predicted octanol–water partition coefficient (Wildman–Crippen LogP) is -9.59. The van der Waals surface area contributed by atoms with Gasteiger partial charge in [0, 0.05) is 49.3 Å². The molecular formula is C82H136N24O24S2. The van der Waals surface area contributed by atoms with E-state index in [1.54, 1.807) is 27.7 Å². The molecule has 2 aromatic rings. The number of β-amino-alcohol motifs (C(OH)–C–C–N with tert-alkyl or cyclic N) is 1. The summed E-state index contributed by atoms with van der Waals surface area (Å²) in [6, 6.07) is -14.8. The van der Waals surface area contributed by atoms with Gasteiger partial charge in [0.15, 0.2) is 5.96 Å². The predicted molar refractivity (Wildman–Crippen MR) is 486 cm³/mol. The van der Waals surface area contributed by atoms with Crippen LogP contribution in [0.15, 0.2) is 48.5 Å². The molecule has 0 aliphatic carbocycles. The Bertz CT molecular complexity index is 4200. The van der Waals surface area contributed by atoms with Crippen LogP contribution in [0.25, 0.3) is 0 Å². The minimum absolute atomic E-state index is 0.0847. The van der Waals surface area contributed by atoms with Crippen molar-refractivity contribution < 1.29 is 117 Å². The minimum Gasteiger partial charge on any atom is -0.508 e. The van der Waals surface area contributed by atoms with Gasteiger partial charge >= 0.3 is 11.9 Å². The number of guanidine groups is 1. The highest BCUT2D eigenvalue weighted by atomic mass is 32.1. The van der Waals surface area contributed by atoms with E-state index in [0.717, 1.165) is 11.8 Å². The third-order valence-electron chi connectivity index (χ3n) is 21.4. The number of likely N-dealkylation sites (tertiary alicyclic amines) is 1. The number of aromatic hydroxyl groups is 2. The van der Waals surface area contributed by atoms with Crippen LogP contribution in [0.2, 0.25) is 0 Å². The molecule has 1 fully saturated rings. The maximum absolute atomic E-state index is 14.7. The van der Waals surface area contributed by atoms with Crippen molar-refractivity contribution in [2.24, 2.45) is 52.0 Å². The van der Waals surface area contributed by atoms with Crippen LogP contribution < -0.4 is 120 Å². The number of hydrogen-bond donors (Lipinski definition) is 32. The van der Waals surface area contributed by atoms with Crippen LogP contribution in [0.1, 0.15) is 143 Å². The van der Waals surface area contributed by atoms with Crippen molar-refractivity contribution in [2.45, 2.75) is 258 Å². The third-order valence-corrected chi connectivity index (χ3v) is 22.1. The number of unbranched alkanes of at least 4 members (excludes halogenated alkanes) is 1. The number of phenolic OH excluding ortho intramolecular Hbond substituents is 2. The second kappa shape index (κ2) is 57.8. The summed E-state index contributed by atoms with van der Waals surface area (Å²) in [5, 5.41) is 116. The lowest BCUT2D eigenvalue weighted by molar-refractivity contribution is -0.142. The number of carbonyl (C=O) groups excluding carboxylic acids is 15. The molecule has 1 saturated heterocycles. The molecule has 50 heteroatoms. The van der Waals surface area contributed by atoms with Crippen molar-refractivity contribution >= 4 is 132 Å². The van der Waals surface area contributed by atoms with E-state index >= 15 is 0 Å². The first-order valence-corrected chi connectivity index (χ1v) is 44.4. The maximum Gasteiger partial charge on any atom is 0.326 e. The number of aliphatic hydroxyl groups is 3. The molecule has 2 aromatic carbocycles. The molecule has 15 amide bonds. The Balaban J connectivity index is 1.92. The fourth-order valence-electron chi connectivity index (χ4n) is 13.5. The molecule has 3 rings (SSSR count). The lowest BCUT2D eigenvalue weighted by Crippen LogP contribution is -2.64. The standard InChI is InChI=1S/C82H136N24O24S2/c1-8-41(4)62(103-75(124)59-36-47(111)37-106(59)79(128)61(88)40(2)3)76(125)105-64(82(6,7)132)78(127)99-55(34-43-14-18-45(109)19-15-43)72(121)101-57(38-107)73(122)94-50(22-23-60(112)113)67(116)93-49(13-11-33-91-81(89)90)66(115)97-54(27-32-87)71(120)104-63(42(5)108)77(126)98-53(26-31-86)69(118)92-48(12-9-10-28-83)65(114)95-51(24-29-84)68(117)96-52(25-30-85)70(119)102-58(39-131)74(123)100-56(80(129)130)35-44-16-20-46(110)21-17-44/h14-21,40-42,47-59,61-64,107-111,131-132H,8-13,22-39,83-88H2,1-7H3,(H,92,118)(H,93,116)(H,94,122)(H,95,114)(H,96,117)(H,97,115)(H,98,126)(H,99,127)(H,100,123)(H,101,121)(H,102,119)(H,103,124)(H,104,120)(H,105,125)(H,112,113)(H,129,130)(H4,89,90,91)/t41-,42+,47+,48-,49-,50-,51-,52-,53+,54-,55-,56-,57-,58-,59-,61-,62-,63-,64+/m0/s1. The number of hydrogen-bond acceptors (Lipinski definition) is 31. The van der Waals surface area contributed by atoms with E-state index in [0.29, 0.717) is 12.0 Å². The van der Waals surface area contributed by atoms with Crippen molar-refractivity contribution in [3.63, 3.8) is 0 Å². The SMILES string of the molecule is CC[C@H](C)[C@H](NC(=O)[C@@H]1C[C@@H](O)CN1C(=O)[C@@H](N)C(C)C)C(=O)N[C@H](C(=O)N[C@@H](Cc1ccc(O)cc1)C(=O)N[C@@H](CO)C(=O)N[C@@H](CCC(=O)O)C(=O)N[C@@H](CCCNC(=N)N)C(=O)N[C@@H](CCN)C(=O)N[C@H](C(=O)N[C@H](CCN)C(=O)N[C@@H](CCCCN)C(=O)N[C@@H](CCN)C(=O)N[C@@H](CCN)C(=O)N[C@@H](CS)C(=O)N[C@@H](Cc1ccc(O)cc1)C(=O)O)[C@@H](C)O)C(C)(C)S. The summed E-state index contributed by atoms with van der Waals surface area (Å²) in [6.45, 7) is 8.14. The maximum atomic E-state index is 14.7. The van der Waals surface area contributed by atoms with Crippen molar-refractivity contribution in [3.05, 3.63) is 59.7 Å². The van der Waals surface area contributed by atoms with Crippen molar-refractivity contribution in [1.82, 2.24) is 84.7 Å². The van der Waals surface area contributed by atoms with E-state index in [4.69, 9.17) is 45.5 Å². The average Bonchev–Trinajstić information content (AvgIpc) is 1.78. The Morgan fingerprint density at radius 1 is 0.485 bits per heavy atom. The molecule has 740 valence electrons. The van der Waals surface area contributed by atoms with Gasteiger partial charge in [-0.1, -0.05) is 58.4 Å². The summed E-state index contributed by atoms with van der Waals surface area (Å²) < 4.78 is -1.49. The van der Waals surface area contributed by atoms with Gasteiger partial charge < -0.3 is 161 Å². The number of phenols is 2. The van der Waals surface area contributed by atoms with Gasteiger partial charge in [-0.3, -0.25) is 82.1 Å². The Morgan fingerprint density at radius 2 is 0.856 bits per heavy atom. The van der Waals surface area contributed by atoms with Gasteiger partial charge in [-0.2, -0.15) is 25.3 Å². The number of benzene rings is 2. The molecule has 0 radical (unpaired) electrons. The number of carboxylic acids is 2. The number of nitrogens with zero attached hydrogens (tertiary/aromatic N) is 1. The first-order valence-electron chi connectivity index (χ1n) is 43.3. The van der Waals surface area contributed by atoms with E-state index < -0.39 is 258 Å². The van der Waals surface area contributed by atoms with Gasteiger partial charge in [0.1, 0.15) is 102 Å². The van der Waals surface area contributed by atoms with E-state index in [-0.39, 0.29) is 139 Å². The van der Waals surface area contributed by atoms with Crippen molar-refractivity contribution in [3.8, 4) is 11.5 Å². The van der Waals surface area contributed by atoms with Crippen LogP contribution in [0.4, 0.5) is 0 Å². The number of rotatable bonds is 60. The molecular weight excluding hydrogens is 1770 g/mol. The normalized spacial score (nSPS) is 16.9. The lowest BCUT2D eigenvalue weighted by Gasteiger charge is -2.34. The van der Waals surface area contributed by atoms with Crippen LogP contribution in [-0.4, -0.2) is 319 Å². The summed E-state index contributed by atoms with van der Waals surface area (Å²) in [7, 11) is 0. The van der Waals surface area contributed by atoms with Crippen LogP contribution in [0.3, 0.4) is 0 Å². The van der Waals surface area contributed by atoms with Gasteiger partial charge in [0.25, 0.3) is 0 Å². The third kappa shape index (κ3) is 38.8. The molecule has 0 unspecified atom stereocenters. The fourth-order valence-corrected chi connectivity index (χ4v) is 14.0. The molecule has 1 aliphatic rings. The molecule has 37 N–H and O–H groups in total. The Morgan fingerprint density at radius 3 is 1.25 bits per heavy atom. The number of aliphatic hydroxyl groups excluding tert-OH is 3. The number of aliphatic carboxylic acids is 2. The van der Waals surface area contributed by atoms with E-state index in [9.17, 15) is 117 Å². The lowest BCUT2D eigenvalue weighted by atomic mass is 9.95. The summed E-state index contributed by atoms with van der Waals surface area (Å²) in [6.07, 6.45) is -6.41. The van der Waals surface area contributed by atoms with Gasteiger partial charge in [-0.05, 0) is 165 Å². The van der Waals surface area contributed by atoms with Crippen LogP contribution >= 0.6 is 25.3 Å². The van der Waals surface area contributed by atoms with Gasteiger partial charge in [-0.25, -0.2) is 4.79 Å². The van der Waals surface area contributed by atoms with E-state index in [1.165, 1.54) is 62.4 Å². The Hall–Kier alpha value is -11.4. The molecule has 0 aromatic heterocycles. The van der Waals surface area contributed by atoms with Gasteiger partial charge in [0.05, 0.1) is 24.9 Å². The molecule has 0 saturated carbocycles. The summed E-state index contributed by atoms with van der Waals surface area (Å²) in [4.78, 5) is 239. The molecule has 132 heavy (non-hydrogen) atoms. The summed E-state index contributed by atoms with van der Waals surface area (Å²) in [5.41, 5.74) is 41.7. The summed E-state index contributed by atoms with van der Waals surface area (Å²) >= 11 is 8.78. The zero-order valence-corrected chi connectivity index (χ0v) is 76.9. The van der Waals surface area contributed by atoms with Crippen molar-refractivity contribution in [2.75, 3.05) is 58.2 Å². The van der Waals surface area contributed by atoms with Crippen LogP contribution in [-0.2, 0) is 94.3 Å². The number of carboxylic acid groups (broad SMARTS) is 2. The minimum atomic E-state index is -2.03. The fraction of sp³-hybridized carbons (Fsp3) is 0.634. The average molecular weight is 1910 g/mol. The first kappa shape index (κ1) is 115. The van der Waals surface area contributed by atoms with Gasteiger partial charge in [0.2, 0.25) is 88.6 Å². The second-order valence-electron chi connectivity index (χ2n) is 33.0. The highest BCUT2D eigenvalue weighted by Gasteiger charge is 2.46. The molecule has 19 atom stereocenters. The second-order valence-corrected chi connectivity index (χ2v) is 34.5. The molecule has 1 heterocycles. The highest BCUT2D eigenvalue weighted by molar-refractivity contribution is 7.81.